The van der Waals surface area contributed by atoms with Crippen LogP contribution in [0.3, 0.4) is 0 Å². The van der Waals surface area contributed by atoms with Crippen LogP contribution in [0.15, 0.2) is 17.5 Å². The molecule has 106 valence electrons. The van der Waals surface area contributed by atoms with E-state index in [9.17, 15) is 9.90 Å². The first kappa shape index (κ1) is 14.3. The van der Waals surface area contributed by atoms with Crippen molar-refractivity contribution in [2.24, 2.45) is 11.3 Å². The third kappa shape index (κ3) is 3.70. The number of carbonyl (C=O) groups is 1. The van der Waals surface area contributed by atoms with Crippen LogP contribution in [0.1, 0.15) is 32.1 Å². The molecule has 1 aliphatic carbocycles. The van der Waals surface area contributed by atoms with E-state index in [1.54, 1.807) is 6.92 Å². The number of amides is 2. The van der Waals surface area contributed by atoms with Crippen LogP contribution in [0, 0.1) is 11.3 Å². The summed E-state index contributed by atoms with van der Waals surface area (Å²) in [5, 5.41) is 17.8. The molecule has 2 rings (SSSR count). The third-order valence-corrected chi connectivity index (χ3v) is 4.99. The minimum atomic E-state index is -1.01. The lowest BCUT2D eigenvalue weighted by Gasteiger charge is -2.22. The molecule has 5 heteroatoms. The predicted molar refractivity (Wildman–Crippen MR) is 77.2 cm³/mol. The predicted octanol–water partition coefficient (Wildman–Crippen LogP) is 2.30. The highest BCUT2D eigenvalue weighted by molar-refractivity contribution is 7.10. The second-order valence-corrected chi connectivity index (χ2v) is 7.15. The molecule has 2 atom stereocenters. The molecule has 0 radical (unpaired) electrons. The summed E-state index contributed by atoms with van der Waals surface area (Å²) in [5.74, 6) is 0.580. The van der Waals surface area contributed by atoms with Crippen LogP contribution in [0.4, 0.5) is 4.79 Å². The smallest absolute Gasteiger partial charge is 0.314 e. The van der Waals surface area contributed by atoms with Gasteiger partial charge in [-0.05, 0) is 36.1 Å². The van der Waals surface area contributed by atoms with Gasteiger partial charge in [-0.3, -0.25) is 0 Å². The fourth-order valence-electron chi connectivity index (χ4n) is 2.13. The molecule has 0 aliphatic heterocycles. The van der Waals surface area contributed by atoms with Crippen molar-refractivity contribution < 1.29 is 9.90 Å². The Hall–Kier alpha value is -1.07. The van der Waals surface area contributed by atoms with Crippen molar-refractivity contribution in [2.45, 2.75) is 32.8 Å². The molecular formula is C14H22N2O2S. The molecule has 4 nitrogen and oxygen atoms in total. The molecule has 1 heterocycles. The van der Waals surface area contributed by atoms with E-state index in [-0.39, 0.29) is 12.6 Å². The van der Waals surface area contributed by atoms with Gasteiger partial charge in [0.1, 0.15) is 5.60 Å². The minimum absolute atomic E-state index is 0.209. The average Bonchev–Trinajstić information content (AvgIpc) is 2.79. The molecule has 0 saturated heterocycles. The van der Waals surface area contributed by atoms with Gasteiger partial charge in [0.2, 0.25) is 0 Å². The van der Waals surface area contributed by atoms with Gasteiger partial charge in [0, 0.05) is 11.4 Å². The summed E-state index contributed by atoms with van der Waals surface area (Å²) in [5.41, 5.74) is -0.639. The Balaban J connectivity index is 1.71. The molecular weight excluding hydrogens is 260 g/mol. The molecule has 1 fully saturated rings. The second-order valence-electron chi connectivity index (χ2n) is 6.20. The van der Waals surface area contributed by atoms with E-state index in [1.165, 1.54) is 17.8 Å². The summed E-state index contributed by atoms with van der Waals surface area (Å²) in [6.45, 7) is 7.05. The van der Waals surface area contributed by atoms with Gasteiger partial charge in [0.05, 0.1) is 6.54 Å². The molecule has 0 spiro atoms. The molecule has 1 aromatic rings. The molecule has 0 bridgehead atoms. The lowest BCUT2D eigenvalue weighted by atomic mass is 10.1. The van der Waals surface area contributed by atoms with Crippen LogP contribution in [0.25, 0.3) is 0 Å². The van der Waals surface area contributed by atoms with Crippen molar-refractivity contribution in [3.05, 3.63) is 22.4 Å². The fourth-order valence-corrected chi connectivity index (χ4v) is 2.91. The third-order valence-electron chi connectivity index (χ3n) is 3.87. The molecule has 1 aromatic heterocycles. The summed E-state index contributed by atoms with van der Waals surface area (Å²) >= 11 is 1.49. The number of hydrogen-bond donors (Lipinski definition) is 3. The van der Waals surface area contributed by atoms with E-state index >= 15 is 0 Å². The maximum atomic E-state index is 11.7. The van der Waals surface area contributed by atoms with Gasteiger partial charge in [-0.15, -0.1) is 11.3 Å². The van der Waals surface area contributed by atoms with Crippen molar-refractivity contribution in [3.63, 3.8) is 0 Å². The van der Waals surface area contributed by atoms with Gasteiger partial charge in [0.25, 0.3) is 0 Å². The molecule has 0 aromatic carbocycles. The Morgan fingerprint density at radius 2 is 2.26 bits per heavy atom. The van der Waals surface area contributed by atoms with Crippen molar-refractivity contribution in [3.8, 4) is 0 Å². The first-order valence-corrected chi connectivity index (χ1v) is 7.47. The minimum Gasteiger partial charge on any atom is -0.383 e. The summed E-state index contributed by atoms with van der Waals surface area (Å²) in [7, 11) is 0. The molecule has 3 N–H and O–H groups in total. The Morgan fingerprint density at radius 3 is 2.79 bits per heavy atom. The highest BCUT2D eigenvalue weighted by atomic mass is 32.1. The van der Waals surface area contributed by atoms with Crippen molar-refractivity contribution in [1.82, 2.24) is 10.6 Å². The van der Waals surface area contributed by atoms with Crippen LogP contribution < -0.4 is 10.6 Å². The van der Waals surface area contributed by atoms with Gasteiger partial charge < -0.3 is 15.7 Å². The lowest BCUT2D eigenvalue weighted by molar-refractivity contribution is 0.0631. The number of urea groups is 1. The highest BCUT2D eigenvalue weighted by Gasteiger charge is 2.45. The first-order chi connectivity index (χ1) is 8.81. The number of carbonyl (C=O) groups excluding carboxylic acids is 1. The second kappa shape index (κ2) is 5.13. The molecule has 2 amide bonds. The number of thiophene rings is 1. The lowest BCUT2D eigenvalue weighted by Crippen LogP contribution is -2.43. The SMILES string of the molecule is CC1(C)C[C@H]1CNC(=O)NC[C@](C)(O)c1cccs1. The average molecular weight is 282 g/mol. The number of nitrogens with one attached hydrogen (secondary N) is 2. The first-order valence-electron chi connectivity index (χ1n) is 6.59. The molecule has 1 saturated carbocycles. The fraction of sp³-hybridized carbons (Fsp3) is 0.643. The Morgan fingerprint density at radius 1 is 1.58 bits per heavy atom. The standard InChI is InChI=1S/C14H22N2O2S/c1-13(2)7-10(13)8-15-12(17)16-9-14(3,18)11-5-4-6-19-11/h4-6,10,18H,7-9H2,1-3H3,(H2,15,16,17)/t10-,14-/m0/s1. The van der Waals surface area contributed by atoms with Crippen LogP contribution in [0.2, 0.25) is 0 Å². The zero-order valence-electron chi connectivity index (χ0n) is 11.7. The zero-order valence-corrected chi connectivity index (χ0v) is 12.5. The van der Waals surface area contributed by atoms with Crippen molar-refractivity contribution in [1.29, 1.82) is 0 Å². The van der Waals surface area contributed by atoms with Crippen molar-refractivity contribution >= 4 is 17.4 Å². The topological polar surface area (TPSA) is 61.4 Å². The van der Waals surface area contributed by atoms with Gasteiger partial charge in [-0.1, -0.05) is 19.9 Å². The Kier molecular flexibility index (Phi) is 3.87. The number of rotatable bonds is 5. The van der Waals surface area contributed by atoms with Gasteiger partial charge >= 0.3 is 6.03 Å². The monoisotopic (exact) mass is 282 g/mol. The van der Waals surface area contributed by atoms with E-state index < -0.39 is 5.60 Å². The highest BCUT2D eigenvalue weighted by Crippen LogP contribution is 2.50. The molecule has 0 unspecified atom stereocenters. The molecule has 19 heavy (non-hydrogen) atoms. The van der Waals surface area contributed by atoms with E-state index in [2.05, 4.69) is 24.5 Å². The largest absolute Gasteiger partial charge is 0.383 e. The normalized spacial score (nSPS) is 23.5. The summed E-state index contributed by atoms with van der Waals surface area (Å²) in [6, 6.07) is 3.56. The summed E-state index contributed by atoms with van der Waals surface area (Å²) in [6.07, 6.45) is 1.17. The number of aliphatic hydroxyl groups is 1. The van der Waals surface area contributed by atoms with Crippen LogP contribution in [-0.2, 0) is 5.60 Å². The Bertz CT molecular complexity index is 440. The maximum Gasteiger partial charge on any atom is 0.314 e. The van der Waals surface area contributed by atoms with Crippen LogP contribution in [-0.4, -0.2) is 24.2 Å². The number of hydrogen-bond acceptors (Lipinski definition) is 3. The summed E-state index contributed by atoms with van der Waals surface area (Å²) in [4.78, 5) is 12.5. The van der Waals surface area contributed by atoms with E-state index in [4.69, 9.17) is 0 Å². The van der Waals surface area contributed by atoms with E-state index in [0.29, 0.717) is 17.9 Å². The van der Waals surface area contributed by atoms with Crippen LogP contribution in [0.5, 0.6) is 0 Å². The van der Waals surface area contributed by atoms with Gasteiger partial charge in [0.15, 0.2) is 0 Å². The maximum absolute atomic E-state index is 11.7. The van der Waals surface area contributed by atoms with Gasteiger partial charge in [-0.2, -0.15) is 0 Å². The van der Waals surface area contributed by atoms with Crippen LogP contribution >= 0.6 is 11.3 Å². The van der Waals surface area contributed by atoms with Crippen molar-refractivity contribution in [2.75, 3.05) is 13.1 Å². The Labute approximate surface area is 118 Å². The van der Waals surface area contributed by atoms with E-state index in [0.717, 1.165) is 4.88 Å². The van der Waals surface area contributed by atoms with E-state index in [1.807, 2.05) is 17.5 Å². The zero-order chi connectivity index (χ0) is 14.1. The van der Waals surface area contributed by atoms with Gasteiger partial charge in [-0.25, -0.2) is 4.79 Å². The summed E-state index contributed by atoms with van der Waals surface area (Å²) < 4.78 is 0. The quantitative estimate of drug-likeness (QED) is 0.776. The molecule has 1 aliphatic rings.